The van der Waals surface area contributed by atoms with Gasteiger partial charge in [-0.25, -0.2) is 9.97 Å². The highest BCUT2D eigenvalue weighted by Gasteiger charge is 2.03. The van der Waals surface area contributed by atoms with Crippen molar-refractivity contribution in [3.8, 4) is 17.3 Å². The molecule has 4 rings (SSSR count). The van der Waals surface area contributed by atoms with Crippen LogP contribution in [0.25, 0.3) is 22.4 Å². The Morgan fingerprint density at radius 1 is 0.815 bits per heavy atom. The summed E-state index contributed by atoms with van der Waals surface area (Å²) in [6.07, 6.45) is 7.15. The molecule has 1 aromatic carbocycles. The second-order valence-electron chi connectivity index (χ2n) is 5.99. The van der Waals surface area contributed by atoms with Crippen molar-refractivity contribution in [1.82, 2.24) is 25.3 Å². The topological polar surface area (TPSA) is 72.8 Å². The molecule has 0 saturated heterocycles. The summed E-state index contributed by atoms with van der Waals surface area (Å²) in [5, 5.41) is 4.42. The Kier molecular flexibility index (Phi) is 5.26. The summed E-state index contributed by atoms with van der Waals surface area (Å²) in [5.74, 6) is 1.43. The van der Waals surface area contributed by atoms with Crippen LogP contribution in [-0.4, -0.2) is 33.1 Å². The number of ether oxygens (including phenoxy) is 1. The Hall–Kier alpha value is -3.38. The molecular formula is C21H19N5O. The molecule has 0 saturated carbocycles. The standard InChI is InChI=1S/C21H19N5O/c1-2-9-23-18(7-1)21-25-14-16(15-26-21)13-22-11-12-27-19-8-3-5-17-6-4-10-24-20(17)19/h1-10,14-15,22H,11-13H2. The molecule has 0 atom stereocenters. The van der Waals surface area contributed by atoms with Crippen LogP contribution in [0.1, 0.15) is 5.56 Å². The van der Waals surface area contributed by atoms with E-state index in [4.69, 9.17) is 4.74 Å². The van der Waals surface area contributed by atoms with E-state index in [1.807, 2.05) is 60.9 Å². The second kappa shape index (κ2) is 8.33. The van der Waals surface area contributed by atoms with Crippen molar-refractivity contribution in [2.75, 3.05) is 13.2 Å². The molecule has 3 heterocycles. The van der Waals surface area contributed by atoms with Gasteiger partial charge in [0.2, 0.25) is 0 Å². The van der Waals surface area contributed by atoms with Gasteiger partial charge in [-0.1, -0.05) is 24.3 Å². The highest BCUT2D eigenvalue weighted by Crippen LogP contribution is 2.22. The average Bonchev–Trinajstić information content (AvgIpc) is 2.75. The summed E-state index contributed by atoms with van der Waals surface area (Å²) >= 11 is 0. The number of pyridine rings is 2. The number of nitrogens with zero attached hydrogens (tertiary/aromatic N) is 4. The number of benzene rings is 1. The highest BCUT2D eigenvalue weighted by molar-refractivity contribution is 5.84. The number of nitrogens with one attached hydrogen (secondary N) is 1. The molecule has 0 bridgehead atoms. The minimum atomic E-state index is 0.558. The minimum absolute atomic E-state index is 0.558. The van der Waals surface area contributed by atoms with Crippen molar-refractivity contribution in [3.05, 3.63) is 78.9 Å². The van der Waals surface area contributed by atoms with E-state index in [0.717, 1.165) is 27.9 Å². The number of hydrogen-bond acceptors (Lipinski definition) is 6. The van der Waals surface area contributed by atoms with Crippen LogP contribution in [0.4, 0.5) is 0 Å². The van der Waals surface area contributed by atoms with Gasteiger partial charge in [0.05, 0.1) is 0 Å². The maximum absolute atomic E-state index is 5.87. The van der Waals surface area contributed by atoms with Crippen LogP contribution in [0.15, 0.2) is 73.3 Å². The highest BCUT2D eigenvalue weighted by atomic mass is 16.5. The molecule has 0 amide bonds. The summed E-state index contributed by atoms with van der Waals surface area (Å²) in [6, 6.07) is 15.6. The third-order valence-electron chi connectivity index (χ3n) is 4.06. The van der Waals surface area contributed by atoms with Crippen LogP contribution in [0.5, 0.6) is 5.75 Å². The first-order chi connectivity index (χ1) is 13.4. The van der Waals surface area contributed by atoms with Crippen molar-refractivity contribution in [1.29, 1.82) is 0 Å². The number of rotatable bonds is 7. The van der Waals surface area contributed by atoms with E-state index in [2.05, 4.69) is 25.3 Å². The maximum Gasteiger partial charge on any atom is 0.178 e. The third-order valence-corrected chi connectivity index (χ3v) is 4.06. The quantitative estimate of drug-likeness (QED) is 0.512. The Morgan fingerprint density at radius 3 is 2.52 bits per heavy atom. The molecule has 0 radical (unpaired) electrons. The van der Waals surface area contributed by atoms with Crippen molar-refractivity contribution in [2.45, 2.75) is 6.54 Å². The predicted octanol–water partition coefficient (Wildman–Crippen LogP) is 3.26. The smallest absolute Gasteiger partial charge is 0.178 e. The van der Waals surface area contributed by atoms with Gasteiger partial charge in [0, 0.05) is 48.8 Å². The molecule has 0 fully saturated rings. The molecule has 0 spiro atoms. The minimum Gasteiger partial charge on any atom is -0.490 e. The van der Waals surface area contributed by atoms with Gasteiger partial charge in [-0.15, -0.1) is 0 Å². The molecule has 0 aliphatic carbocycles. The Morgan fingerprint density at radius 2 is 1.67 bits per heavy atom. The third kappa shape index (κ3) is 4.24. The van der Waals surface area contributed by atoms with Gasteiger partial charge in [-0.05, 0) is 24.3 Å². The fourth-order valence-corrected chi connectivity index (χ4v) is 2.73. The molecule has 0 aliphatic heterocycles. The largest absolute Gasteiger partial charge is 0.490 e. The first kappa shape index (κ1) is 17.1. The molecule has 6 heteroatoms. The molecular weight excluding hydrogens is 338 g/mol. The van der Waals surface area contributed by atoms with Gasteiger partial charge in [0.1, 0.15) is 23.6 Å². The van der Waals surface area contributed by atoms with Gasteiger partial charge in [-0.3, -0.25) is 9.97 Å². The molecule has 1 N–H and O–H groups in total. The normalized spacial score (nSPS) is 10.8. The Bertz CT molecular complexity index is 1000. The summed E-state index contributed by atoms with van der Waals surface area (Å²) in [5.41, 5.74) is 2.68. The lowest BCUT2D eigenvalue weighted by atomic mass is 10.2. The van der Waals surface area contributed by atoms with Gasteiger partial charge in [0.15, 0.2) is 5.82 Å². The predicted molar refractivity (Wildman–Crippen MR) is 104 cm³/mol. The zero-order valence-electron chi connectivity index (χ0n) is 14.7. The van der Waals surface area contributed by atoms with E-state index in [-0.39, 0.29) is 0 Å². The Balaban J connectivity index is 1.27. The van der Waals surface area contributed by atoms with Crippen molar-refractivity contribution in [3.63, 3.8) is 0 Å². The van der Waals surface area contributed by atoms with E-state index in [9.17, 15) is 0 Å². The number of aromatic nitrogens is 4. The van der Waals surface area contributed by atoms with Crippen LogP contribution in [0, 0.1) is 0 Å². The SMILES string of the molecule is c1ccc(-c2ncc(CNCCOc3cccc4cccnc34)cn2)nc1. The fraction of sp³-hybridized carbons (Fsp3) is 0.143. The summed E-state index contributed by atoms with van der Waals surface area (Å²) in [7, 11) is 0. The van der Waals surface area contributed by atoms with Gasteiger partial charge >= 0.3 is 0 Å². The van der Waals surface area contributed by atoms with E-state index in [1.54, 1.807) is 12.4 Å². The Labute approximate surface area is 157 Å². The van der Waals surface area contributed by atoms with Crippen molar-refractivity contribution in [2.24, 2.45) is 0 Å². The van der Waals surface area contributed by atoms with Crippen molar-refractivity contribution < 1.29 is 4.74 Å². The van der Waals surface area contributed by atoms with Crippen LogP contribution < -0.4 is 10.1 Å². The number of para-hydroxylation sites is 1. The van der Waals surface area contributed by atoms with Crippen LogP contribution in [0.3, 0.4) is 0 Å². The molecule has 27 heavy (non-hydrogen) atoms. The first-order valence-electron chi connectivity index (χ1n) is 8.80. The maximum atomic E-state index is 5.87. The zero-order valence-corrected chi connectivity index (χ0v) is 14.7. The summed E-state index contributed by atoms with van der Waals surface area (Å²) in [4.78, 5) is 17.4. The fourth-order valence-electron chi connectivity index (χ4n) is 2.73. The lowest BCUT2D eigenvalue weighted by Crippen LogP contribution is -2.20. The van der Waals surface area contributed by atoms with Crippen LogP contribution >= 0.6 is 0 Å². The molecule has 0 unspecified atom stereocenters. The summed E-state index contributed by atoms with van der Waals surface area (Å²) < 4.78 is 5.87. The lowest BCUT2D eigenvalue weighted by Gasteiger charge is -2.09. The molecule has 3 aromatic heterocycles. The molecule has 4 aromatic rings. The van der Waals surface area contributed by atoms with Gasteiger partial charge in [0.25, 0.3) is 0 Å². The number of hydrogen-bond donors (Lipinski definition) is 1. The van der Waals surface area contributed by atoms with Gasteiger partial charge in [-0.2, -0.15) is 0 Å². The average molecular weight is 357 g/mol. The lowest BCUT2D eigenvalue weighted by molar-refractivity contribution is 0.316. The van der Waals surface area contributed by atoms with E-state index in [0.29, 0.717) is 25.5 Å². The van der Waals surface area contributed by atoms with Crippen LogP contribution in [-0.2, 0) is 6.54 Å². The zero-order chi connectivity index (χ0) is 18.3. The molecule has 134 valence electrons. The number of fused-ring (bicyclic) bond motifs is 1. The molecule has 0 aliphatic rings. The van der Waals surface area contributed by atoms with E-state index in [1.165, 1.54) is 0 Å². The van der Waals surface area contributed by atoms with Crippen LogP contribution in [0.2, 0.25) is 0 Å². The van der Waals surface area contributed by atoms with E-state index >= 15 is 0 Å². The molecule has 6 nitrogen and oxygen atoms in total. The second-order valence-corrected chi connectivity index (χ2v) is 5.99. The van der Waals surface area contributed by atoms with Gasteiger partial charge < -0.3 is 10.1 Å². The van der Waals surface area contributed by atoms with Crippen molar-refractivity contribution >= 4 is 10.9 Å². The first-order valence-corrected chi connectivity index (χ1v) is 8.80. The summed E-state index contributed by atoms with van der Waals surface area (Å²) in [6.45, 7) is 1.95. The van der Waals surface area contributed by atoms with E-state index < -0.39 is 0 Å². The monoisotopic (exact) mass is 357 g/mol.